The molecule has 0 radical (unpaired) electrons. The average Bonchev–Trinajstić information content (AvgIpc) is 2.29. The number of piperidine rings is 1. The molecule has 16 heavy (non-hydrogen) atoms. The van der Waals surface area contributed by atoms with Gasteiger partial charge in [0, 0.05) is 13.1 Å². The molecule has 3 heteroatoms. The first-order valence-corrected chi connectivity index (χ1v) is 6.22. The van der Waals surface area contributed by atoms with E-state index in [1.54, 1.807) is 13.8 Å². The van der Waals surface area contributed by atoms with Gasteiger partial charge in [-0.05, 0) is 32.6 Å². The molecule has 0 aliphatic carbocycles. The van der Waals surface area contributed by atoms with Crippen molar-refractivity contribution >= 4 is 5.91 Å². The fraction of sp³-hybridized carbons (Fsp3) is 0.846. The summed E-state index contributed by atoms with van der Waals surface area (Å²) in [5.41, 5.74) is -0.863. The van der Waals surface area contributed by atoms with E-state index in [2.05, 4.69) is 13.0 Å². The van der Waals surface area contributed by atoms with Crippen LogP contribution in [0.3, 0.4) is 0 Å². The Morgan fingerprint density at radius 3 is 2.44 bits per heavy atom. The van der Waals surface area contributed by atoms with E-state index in [0.29, 0.717) is 0 Å². The third-order valence-electron chi connectivity index (χ3n) is 3.41. The van der Waals surface area contributed by atoms with E-state index in [1.165, 1.54) is 12.8 Å². The Morgan fingerprint density at radius 1 is 1.44 bits per heavy atom. The van der Waals surface area contributed by atoms with Gasteiger partial charge in [0.05, 0.1) is 6.07 Å². The highest BCUT2D eigenvalue weighted by Gasteiger charge is 2.33. The summed E-state index contributed by atoms with van der Waals surface area (Å²) >= 11 is 0. The SMILES string of the molecule is CCCC1CCN(C(=O)C(C)(C)C#N)CC1. The van der Waals surface area contributed by atoms with E-state index in [-0.39, 0.29) is 5.91 Å². The van der Waals surface area contributed by atoms with Gasteiger partial charge in [-0.3, -0.25) is 4.79 Å². The molecule has 0 aromatic carbocycles. The van der Waals surface area contributed by atoms with Crippen molar-refractivity contribution in [2.45, 2.75) is 46.5 Å². The molecule has 1 fully saturated rings. The van der Waals surface area contributed by atoms with Crippen molar-refractivity contribution in [1.29, 1.82) is 5.26 Å². The van der Waals surface area contributed by atoms with Crippen LogP contribution in [0, 0.1) is 22.7 Å². The number of amides is 1. The quantitative estimate of drug-likeness (QED) is 0.736. The van der Waals surface area contributed by atoms with Gasteiger partial charge in [-0.15, -0.1) is 0 Å². The first-order valence-electron chi connectivity index (χ1n) is 6.22. The van der Waals surface area contributed by atoms with Gasteiger partial charge in [-0.1, -0.05) is 19.8 Å². The van der Waals surface area contributed by atoms with Gasteiger partial charge in [0.2, 0.25) is 5.91 Å². The van der Waals surface area contributed by atoms with Gasteiger partial charge in [-0.2, -0.15) is 5.26 Å². The second-order valence-electron chi connectivity index (χ2n) is 5.26. The summed E-state index contributed by atoms with van der Waals surface area (Å²) in [6.07, 6.45) is 4.69. The standard InChI is InChI=1S/C13H22N2O/c1-4-5-11-6-8-15(9-7-11)12(16)13(2,3)10-14/h11H,4-9H2,1-3H3. The van der Waals surface area contributed by atoms with Crippen molar-refractivity contribution in [2.75, 3.05) is 13.1 Å². The fourth-order valence-electron chi connectivity index (χ4n) is 2.28. The second-order valence-corrected chi connectivity index (χ2v) is 5.26. The third-order valence-corrected chi connectivity index (χ3v) is 3.41. The Bertz CT molecular complexity index is 283. The lowest BCUT2D eigenvalue weighted by Crippen LogP contribution is -2.44. The highest BCUT2D eigenvalue weighted by atomic mass is 16.2. The number of carbonyl (C=O) groups is 1. The summed E-state index contributed by atoms with van der Waals surface area (Å²) in [4.78, 5) is 13.9. The van der Waals surface area contributed by atoms with Crippen molar-refractivity contribution in [3.63, 3.8) is 0 Å². The lowest BCUT2D eigenvalue weighted by Gasteiger charge is -2.34. The monoisotopic (exact) mass is 222 g/mol. The van der Waals surface area contributed by atoms with Crippen molar-refractivity contribution in [3.8, 4) is 6.07 Å². The predicted molar refractivity (Wildman–Crippen MR) is 63.6 cm³/mol. The number of hydrogen-bond acceptors (Lipinski definition) is 2. The summed E-state index contributed by atoms with van der Waals surface area (Å²) in [5.74, 6) is 0.768. The largest absolute Gasteiger partial charge is 0.341 e. The minimum Gasteiger partial charge on any atom is -0.341 e. The Balaban J connectivity index is 2.49. The Hall–Kier alpha value is -1.04. The molecule has 0 aromatic rings. The van der Waals surface area contributed by atoms with Crippen LogP contribution in [-0.4, -0.2) is 23.9 Å². The molecule has 0 spiro atoms. The maximum atomic E-state index is 12.0. The molecular weight excluding hydrogens is 200 g/mol. The van der Waals surface area contributed by atoms with Crippen LogP contribution in [0.15, 0.2) is 0 Å². The van der Waals surface area contributed by atoms with E-state index < -0.39 is 5.41 Å². The number of likely N-dealkylation sites (tertiary alicyclic amines) is 1. The smallest absolute Gasteiger partial charge is 0.242 e. The molecular formula is C13H22N2O. The first kappa shape index (κ1) is 13.0. The van der Waals surface area contributed by atoms with Gasteiger partial charge in [0.1, 0.15) is 5.41 Å². The average molecular weight is 222 g/mol. The molecule has 0 bridgehead atoms. The van der Waals surface area contributed by atoms with Crippen molar-refractivity contribution < 1.29 is 4.79 Å². The predicted octanol–water partition coefficient (Wildman–Crippen LogP) is 2.57. The van der Waals surface area contributed by atoms with E-state index >= 15 is 0 Å². The second kappa shape index (κ2) is 5.34. The molecule has 0 atom stereocenters. The van der Waals surface area contributed by atoms with E-state index in [4.69, 9.17) is 5.26 Å². The van der Waals surface area contributed by atoms with Crippen LogP contribution in [0.4, 0.5) is 0 Å². The van der Waals surface area contributed by atoms with E-state index in [1.807, 2.05) is 4.90 Å². The van der Waals surface area contributed by atoms with Gasteiger partial charge >= 0.3 is 0 Å². The Morgan fingerprint density at radius 2 is 2.00 bits per heavy atom. The highest BCUT2D eigenvalue weighted by Crippen LogP contribution is 2.25. The lowest BCUT2D eigenvalue weighted by atomic mass is 9.89. The van der Waals surface area contributed by atoms with Crippen LogP contribution in [-0.2, 0) is 4.79 Å². The maximum absolute atomic E-state index is 12.0. The maximum Gasteiger partial charge on any atom is 0.242 e. The van der Waals surface area contributed by atoms with Crippen LogP contribution < -0.4 is 0 Å². The summed E-state index contributed by atoms with van der Waals surface area (Å²) in [6.45, 7) is 7.26. The van der Waals surface area contributed by atoms with Crippen molar-refractivity contribution in [2.24, 2.45) is 11.3 Å². The highest BCUT2D eigenvalue weighted by molar-refractivity contribution is 5.84. The van der Waals surface area contributed by atoms with Gasteiger partial charge in [0.15, 0.2) is 0 Å². The molecule has 1 aliphatic rings. The summed E-state index contributed by atoms with van der Waals surface area (Å²) in [5, 5.41) is 8.93. The summed E-state index contributed by atoms with van der Waals surface area (Å²) in [7, 11) is 0. The lowest BCUT2D eigenvalue weighted by molar-refractivity contribution is -0.139. The van der Waals surface area contributed by atoms with Crippen LogP contribution in [0.1, 0.15) is 46.5 Å². The molecule has 1 amide bonds. The van der Waals surface area contributed by atoms with Crippen molar-refractivity contribution in [1.82, 2.24) is 4.90 Å². The summed E-state index contributed by atoms with van der Waals surface area (Å²) < 4.78 is 0. The molecule has 1 saturated heterocycles. The number of nitrogens with zero attached hydrogens (tertiary/aromatic N) is 2. The minimum atomic E-state index is -0.863. The molecule has 0 N–H and O–H groups in total. The van der Waals surface area contributed by atoms with Crippen molar-refractivity contribution in [3.05, 3.63) is 0 Å². The van der Waals surface area contributed by atoms with Crippen LogP contribution in [0.5, 0.6) is 0 Å². The molecule has 0 aromatic heterocycles. The van der Waals surface area contributed by atoms with Crippen LogP contribution >= 0.6 is 0 Å². The van der Waals surface area contributed by atoms with Gasteiger partial charge in [-0.25, -0.2) is 0 Å². The minimum absolute atomic E-state index is 0.00931. The zero-order chi connectivity index (χ0) is 12.2. The molecule has 1 rings (SSSR count). The molecule has 1 aliphatic heterocycles. The Labute approximate surface area is 98.4 Å². The molecule has 0 saturated carbocycles. The first-order chi connectivity index (χ1) is 7.51. The fourth-order valence-corrected chi connectivity index (χ4v) is 2.28. The Kier molecular flexibility index (Phi) is 4.35. The van der Waals surface area contributed by atoms with Crippen LogP contribution in [0.2, 0.25) is 0 Å². The molecule has 3 nitrogen and oxygen atoms in total. The van der Waals surface area contributed by atoms with E-state index in [0.717, 1.165) is 31.8 Å². The summed E-state index contributed by atoms with van der Waals surface area (Å²) in [6, 6.07) is 2.08. The zero-order valence-corrected chi connectivity index (χ0v) is 10.6. The zero-order valence-electron chi connectivity index (χ0n) is 10.6. The number of hydrogen-bond donors (Lipinski definition) is 0. The molecule has 1 heterocycles. The van der Waals surface area contributed by atoms with E-state index in [9.17, 15) is 4.79 Å². The van der Waals surface area contributed by atoms with Crippen LogP contribution in [0.25, 0.3) is 0 Å². The number of rotatable bonds is 3. The topological polar surface area (TPSA) is 44.1 Å². The van der Waals surface area contributed by atoms with Gasteiger partial charge in [0.25, 0.3) is 0 Å². The third kappa shape index (κ3) is 2.98. The number of nitriles is 1. The normalized spacial score (nSPS) is 18.2. The van der Waals surface area contributed by atoms with Gasteiger partial charge < -0.3 is 4.90 Å². The number of carbonyl (C=O) groups excluding carboxylic acids is 1. The molecule has 90 valence electrons. The molecule has 0 unspecified atom stereocenters.